The normalized spacial score (nSPS) is 21.5. The summed E-state index contributed by atoms with van der Waals surface area (Å²) in [7, 11) is 0. The van der Waals surface area contributed by atoms with Crippen molar-refractivity contribution in [2.45, 2.75) is 50.6 Å². The highest BCUT2D eigenvalue weighted by Crippen LogP contribution is 2.30. The van der Waals surface area contributed by atoms with Crippen molar-refractivity contribution < 1.29 is 9.59 Å². The van der Waals surface area contributed by atoms with Crippen molar-refractivity contribution in [3.05, 3.63) is 30.1 Å². The number of likely N-dealkylation sites (tertiary alicyclic amines) is 1. The molecule has 2 aromatic rings. The molecule has 2 atom stereocenters. The molecule has 1 saturated carbocycles. The van der Waals surface area contributed by atoms with E-state index in [1.807, 2.05) is 29.2 Å². The first-order chi connectivity index (χ1) is 13.7. The number of aromatic nitrogens is 2. The van der Waals surface area contributed by atoms with Crippen LogP contribution in [0.4, 0.5) is 0 Å². The maximum Gasteiger partial charge on any atom is 0.226 e. The molecule has 2 fully saturated rings. The summed E-state index contributed by atoms with van der Waals surface area (Å²) in [5.74, 6) is 1.58. The molecular weight excluding hydrogens is 372 g/mol. The number of benzene rings is 1. The van der Waals surface area contributed by atoms with Crippen molar-refractivity contribution in [2.24, 2.45) is 5.92 Å². The second-order valence-corrected chi connectivity index (χ2v) is 8.85. The summed E-state index contributed by atoms with van der Waals surface area (Å²) in [4.78, 5) is 35.4. The minimum atomic E-state index is -0.255. The number of imidazole rings is 1. The summed E-state index contributed by atoms with van der Waals surface area (Å²) in [6, 6.07) is 8.08. The Kier molecular flexibility index (Phi) is 5.90. The zero-order valence-corrected chi connectivity index (χ0v) is 17.1. The molecule has 2 N–H and O–H groups in total. The van der Waals surface area contributed by atoms with Crippen molar-refractivity contribution in [2.75, 3.05) is 18.6 Å². The first-order valence-corrected chi connectivity index (χ1v) is 11.6. The fourth-order valence-electron chi connectivity index (χ4n) is 4.42. The maximum atomic E-state index is 13.0. The Morgan fingerprint density at radius 1 is 1.36 bits per heavy atom. The van der Waals surface area contributed by atoms with Crippen molar-refractivity contribution in [1.82, 2.24) is 20.2 Å². The lowest BCUT2D eigenvalue weighted by Crippen LogP contribution is -2.38. The fourth-order valence-corrected chi connectivity index (χ4v) is 4.89. The van der Waals surface area contributed by atoms with Crippen LogP contribution in [0.5, 0.6) is 0 Å². The van der Waals surface area contributed by atoms with Crippen LogP contribution in [-0.4, -0.2) is 51.3 Å². The Morgan fingerprint density at radius 2 is 2.14 bits per heavy atom. The summed E-state index contributed by atoms with van der Waals surface area (Å²) in [6.45, 7) is 0.560. The smallest absolute Gasteiger partial charge is 0.226 e. The molecule has 2 unspecified atom stereocenters. The van der Waals surface area contributed by atoms with Gasteiger partial charge < -0.3 is 15.2 Å². The van der Waals surface area contributed by atoms with E-state index < -0.39 is 0 Å². The molecule has 4 rings (SSSR count). The van der Waals surface area contributed by atoms with Crippen molar-refractivity contribution >= 4 is 34.6 Å². The van der Waals surface area contributed by atoms with E-state index in [9.17, 15) is 9.59 Å². The molecular formula is C21H28N4O2S. The molecule has 1 aliphatic heterocycles. The highest BCUT2D eigenvalue weighted by molar-refractivity contribution is 7.98. The number of carbonyl (C=O) groups excluding carboxylic acids is 2. The van der Waals surface area contributed by atoms with Gasteiger partial charge in [-0.1, -0.05) is 25.0 Å². The zero-order chi connectivity index (χ0) is 19.5. The van der Waals surface area contributed by atoms with Crippen LogP contribution in [0.3, 0.4) is 0 Å². The summed E-state index contributed by atoms with van der Waals surface area (Å²) in [5.41, 5.74) is 1.88. The van der Waals surface area contributed by atoms with Gasteiger partial charge >= 0.3 is 0 Å². The molecule has 2 heterocycles. The van der Waals surface area contributed by atoms with Crippen LogP contribution in [0.25, 0.3) is 11.0 Å². The van der Waals surface area contributed by atoms with E-state index in [0.29, 0.717) is 19.0 Å². The highest BCUT2D eigenvalue weighted by atomic mass is 32.2. The van der Waals surface area contributed by atoms with Gasteiger partial charge in [-0.05, 0) is 43.4 Å². The van der Waals surface area contributed by atoms with E-state index in [-0.39, 0.29) is 23.8 Å². The Balaban J connectivity index is 1.45. The van der Waals surface area contributed by atoms with Gasteiger partial charge in [-0.25, -0.2) is 4.98 Å². The van der Waals surface area contributed by atoms with Crippen LogP contribution < -0.4 is 5.32 Å². The third kappa shape index (κ3) is 4.04. The van der Waals surface area contributed by atoms with E-state index in [1.54, 1.807) is 11.8 Å². The molecule has 0 radical (unpaired) electrons. The van der Waals surface area contributed by atoms with Gasteiger partial charge in [0, 0.05) is 19.0 Å². The number of H-pyrrole nitrogens is 1. The molecule has 150 valence electrons. The Morgan fingerprint density at radius 3 is 2.89 bits per heavy atom. The van der Waals surface area contributed by atoms with Crippen molar-refractivity contribution in [3.8, 4) is 0 Å². The minimum absolute atomic E-state index is 0.0274. The first-order valence-electron chi connectivity index (χ1n) is 10.2. The van der Waals surface area contributed by atoms with Gasteiger partial charge in [0.05, 0.1) is 23.0 Å². The number of aromatic amines is 1. The predicted molar refractivity (Wildman–Crippen MR) is 112 cm³/mol. The third-order valence-electron chi connectivity index (χ3n) is 5.96. The van der Waals surface area contributed by atoms with E-state index in [4.69, 9.17) is 0 Å². The van der Waals surface area contributed by atoms with Crippen LogP contribution in [0, 0.1) is 5.92 Å². The topological polar surface area (TPSA) is 78.1 Å². The fraction of sp³-hybridized carbons (Fsp3) is 0.571. The summed E-state index contributed by atoms with van der Waals surface area (Å²) >= 11 is 1.75. The third-order valence-corrected chi connectivity index (χ3v) is 6.60. The number of fused-ring (bicyclic) bond motifs is 1. The number of carbonyl (C=O) groups is 2. The van der Waals surface area contributed by atoms with Crippen LogP contribution in [0.2, 0.25) is 0 Å². The van der Waals surface area contributed by atoms with Gasteiger partial charge in [0.2, 0.25) is 11.8 Å². The molecule has 7 heteroatoms. The number of amides is 2. The molecule has 2 amide bonds. The van der Waals surface area contributed by atoms with Crippen molar-refractivity contribution in [3.63, 3.8) is 0 Å². The average molecular weight is 401 g/mol. The monoisotopic (exact) mass is 400 g/mol. The lowest BCUT2D eigenvalue weighted by molar-refractivity contribution is -0.130. The minimum Gasteiger partial charge on any atom is -0.346 e. The molecule has 0 bridgehead atoms. The first kappa shape index (κ1) is 19.3. The van der Waals surface area contributed by atoms with Gasteiger partial charge in [-0.2, -0.15) is 11.8 Å². The van der Waals surface area contributed by atoms with Gasteiger partial charge in [-0.3, -0.25) is 9.59 Å². The van der Waals surface area contributed by atoms with Crippen LogP contribution in [0.1, 0.15) is 50.4 Å². The van der Waals surface area contributed by atoms with Crippen molar-refractivity contribution in [1.29, 1.82) is 0 Å². The summed E-state index contributed by atoms with van der Waals surface area (Å²) in [6.07, 6.45) is 7.73. The SMILES string of the molecule is CSCCC(NC(=O)C1CC(=O)N(C2CCCC2)C1)c1nc2ccccc2[nH]1. The number of hydrogen-bond donors (Lipinski definition) is 2. The highest BCUT2D eigenvalue weighted by Gasteiger charge is 2.39. The quantitative estimate of drug-likeness (QED) is 0.748. The largest absolute Gasteiger partial charge is 0.346 e. The Hall–Kier alpha value is -2.02. The van der Waals surface area contributed by atoms with Crippen LogP contribution >= 0.6 is 11.8 Å². The predicted octanol–water partition coefficient (Wildman–Crippen LogP) is 3.26. The summed E-state index contributed by atoms with van der Waals surface area (Å²) < 4.78 is 0. The Bertz CT molecular complexity index is 813. The molecule has 28 heavy (non-hydrogen) atoms. The molecule has 0 spiro atoms. The second-order valence-electron chi connectivity index (χ2n) is 7.87. The van der Waals surface area contributed by atoms with Gasteiger partial charge in [0.1, 0.15) is 5.82 Å². The lowest BCUT2D eigenvalue weighted by atomic mass is 10.1. The maximum absolute atomic E-state index is 13.0. The van der Waals surface area contributed by atoms with E-state index >= 15 is 0 Å². The number of nitrogens with one attached hydrogen (secondary N) is 2. The van der Waals surface area contributed by atoms with Crippen LogP contribution in [0.15, 0.2) is 24.3 Å². The standard InChI is InChI=1S/C21H28N4O2S/c1-28-11-10-18(20-22-16-8-4-5-9-17(16)23-20)24-21(27)14-12-19(26)25(13-14)15-6-2-3-7-15/h4-5,8-9,14-15,18H,2-3,6-7,10-13H2,1H3,(H,22,23)(H,24,27). The van der Waals surface area contributed by atoms with E-state index in [2.05, 4.69) is 21.5 Å². The van der Waals surface area contributed by atoms with Gasteiger partial charge in [0.15, 0.2) is 0 Å². The molecule has 6 nitrogen and oxygen atoms in total. The van der Waals surface area contributed by atoms with E-state index in [1.165, 1.54) is 12.8 Å². The molecule has 1 aromatic carbocycles. The lowest BCUT2D eigenvalue weighted by Gasteiger charge is -2.24. The van der Waals surface area contributed by atoms with Crippen LogP contribution in [-0.2, 0) is 9.59 Å². The Labute approximate surface area is 169 Å². The van der Waals surface area contributed by atoms with Gasteiger partial charge in [0.25, 0.3) is 0 Å². The summed E-state index contributed by atoms with van der Waals surface area (Å²) in [5, 5.41) is 3.18. The number of nitrogens with zero attached hydrogens (tertiary/aromatic N) is 2. The number of para-hydroxylation sites is 2. The molecule has 1 aliphatic carbocycles. The molecule has 1 saturated heterocycles. The zero-order valence-electron chi connectivity index (χ0n) is 16.3. The molecule has 1 aromatic heterocycles. The second kappa shape index (κ2) is 8.55. The number of hydrogen-bond acceptors (Lipinski definition) is 4. The van der Waals surface area contributed by atoms with E-state index in [0.717, 1.165) is 41.9 Å². The number of rotatable bonds is 7. The molecule has 2 aliphatic rings. The number of thioether (sulfide) groups is 1. The average Bonchev–Trinajstić information content (AvgIpc) is 3.43. The van der Waals surface area contributed by atoms with Gasteiger partial charge in [-0.15, -0.1) is 0 Å².